The van der Waals surface area contributed by atoms with Crippen molar-refractivity contribution in [3.63, 3.8) is 0 Å². The van der Waals surface area contributed by atoms with Crippen LogP contribution in [0, 0.1) is 5.41 Å². The van der Waals surface area contributed by atoms with Crippen LogP contribution in [-0.2, 0) is 6.42 Å². The van der Waals surface area contributed by atoms with Crippen molar-refractivity contribution in [3.8, 4) is 0 Å². The fraction of sp³-hybridized carbons (Fsp3) is 0.786. The third kappa shape index (κ3) is 3.84. The molecule has 0 aliphatic carbocycles. The van der Waals surface area contributed by atoms with E-state index in [-0.39, 0.29) is 0 Å². The molecule has 0 aliphatic heterocycles. The van der Waals surface area contributed by atoms with Gasteiger partial charge in [-0.25, -0.2) is 0 Å². The lowest BCUT2D eigenvalue weighted by molar-refractivity contribution is 0.266. The van der Waals surface area contributed by atoms with Crippen molar-refractivity contribution in [2.24, 2.45) is 5.41 Å². The molecule has 98 valence electrons. The molecule has 0 amide bonds. The minimum atomic E-state index is 0.303. The average molecular weight is 237 g/mol. The summed E-state index contributed by atoms with van der Waals surface area (Å²) >= 11 is 0. The van der Waals surface area contributed by atoms with Gasteiger partial charge < -0.3 is 5.32 Å². The summed E-state index contributed by atoms with van der Waals surface area (Å²) in [5.41, 5.74) is 1.64. The fourth-order valence-electron chi connectivity index (χ4n) is 2.31. The van der Waals surface area contributed by atoms with Gasteiger partial charge in [-0.3, -0.25) is 4.68 Å². The van der Waals surface area contributed by atoms with Crippen LogP contribution in [0.2, 0.25) is 0 Å². The van der Waals surface area contributed by atoms with Gasteiger partial charge in [-0.15, -0.1) is 0 Å². The molecule has 3 nitrogen and oxygen atoms in total. The minimum Gasteiger partial charge on any atom is -0.316 e. The highest BCUT2D eigenvalue weighted by atomic mass is 15.3. The molecule has 0 spiro atoms. The molecule has 3 heteroatoms. The van der Waals surface area contributed by atoms with Crippen LogP contribution in [0.3, 0.4) is 0 Å². The first-order valence-electron chi connectivity index (χ1n) is 6.56. The predicted molar refractivity (Wildman–Crippen MR) is 73.2 cm³/mol. The lowest BCUT2D eigenvalue weighted by Gasteiger charge is -2.30. The number of hydrogen-bond acceptors (Lipinski definition) is 2. The summed E-state index contributed by atoms with van der Waals surface area (Å²) in [5, 5.41) is 7.80. The standard InChI is InChI=1S/C14H27N3/c1-11(2)17-12(9-10-16-17)7-8-13(15-6)14(3,4)5/h9-11,13,15H,7-8H2,1-6H3. The SMILES string of the molecule is CNC(CCc1ccnn1C(C)C)C(C)(C)C. The predicted octanol–water partition coefficient (Wildman–Crippen LogP) is 3.03. The quantitative estimate of drug-likeness (QED) is 0.853. The normalized spacial score (nSPS) is 14.3. The molecule has 0 aromatic carbocycles. The molecule has 1 rings (SSSR count). The monoisotopic (exact) mass is 237 g/mol. The van der Waals surface area contributed by atoms with Crippen molar-refractivity contribution in [2.75, 3.05) is 7.05 Å². The number of aromatic nitrogens is 2. The second kappa shape index (κ2) is 5.67. The number of nitrogens with zero attached hydrogens (tertiary/aromatic N) is 2. The van der Waals surface area contributed by atoms with Gasteiger partial charge in [-0.05, 0) is 45.2 Å². The zero-order valence-corrected chi connectivity index (χ0v) is 12.1. The Bertz CT molecular complexity index is 333. The largest absolute Gasteiger partial charge is 0.316 e. The second-order valence-electron chi connectivity index (χ2n) is 6.11. The first kappa shape index (κ1) is 14.2. The Morgan fingerprint density at radius 3 is 2.47 bits per heavy atom. The van der Waals surface area contributed by atoms with Crippen LogP contribution in [-0.4, -0.2) is 22.9 Å². The molecule has 0 saturated carbocycles. The third-order valence-corrected chi connectivity index (χ3v) is 3.32. The zero-order valence-electron chi connectivity index (χ0n) is 12.1. The molecule has 0 bridgehead atoms. The molecule has 1 atom stereocenters. The molecule has 1 N–H and O–H groups in total. The van der Waals surface area contributed by atoms with Crippen LogP contribution in [0.4, 0.5) is 0 Å². The van der Waals surface area contributed by atoms with E-state index in [2.05, 4.69) is 62.8 Å². The second-order valence-corrected chi connectivity index (χ2v) is 6.11. The number of hydrogen-bond donors (Lipinski definition) is 1. The molecule has 0 radical (unpaired) electrons. The minimum absolute atomic E-state index is 0.303. The highest BCUT2D eigenvalue weighted by Crippen LogP contribution is 2.23. The van der Waals surface area contributed by atoms with Crippen molar-refractivity contribution >= 4 is 0 Å². The Labute approximate surface area is 106 Å². The van der Waals surface area contributed by atoms with Gasteiger partial charge in [0.1, 0.15) is 0 Å². The van der Waals surface area contributed by atoms with Crippen LogP contribution < -0.4 is 5.32 Å². The fourth-order valence-corrected chi connectivity index (χ4v) is 2.31. The Kier molecular flexibility index (Phi) is 4.75. The lowest BCUT2D eigenvalue weighted by atomic mass is 9.84. The summed E-state index contributed by atoms with van der Waals surface area (Å²) < 4.78 is 2.12. The Morgan fingerprint density at radius 1 is 1.35 bits per heavy atom. The van der Waals surface area contributed by atoms with Gasteiger partial charge in [0.05, 0.1) is 0 Å². The average Bonchev–Trinajstić information content (AvgIpc) is 2.64. The summed E-state index contributed by atoms with van der Waals surface area (Å²) in [7, 11) is 2.05. The van der Waals surface area contributed by atoms with E-state index < -0.39 is 0 Å². The zero-order chi connectivity index (χ0) is 13.1. The summed E-state index contributed by atoms with van der Waals surface area (Å²) in [5.74, 6) is 0. The van der Waals surface area contributed by atoms with Crippen LogP contribution in [0.1, 0.15) is 52.8 Å². The summed E-state index contributed by atoms with van der Waals surface area (Å²) in [6, 6.07) is 3.12. The van der Waals surface area contributed by atoms with Gasteiger partial charge in [0.25, 0.3) is 0 Å². The van der Waals surface area contributed by atoms with Crippen molar-refractivity contribution in [1.82, 2.24) is 15.1 Å². The van der Waals surface area contributed by atoms with E-state index in [1.807, 2.05) is 6.20 Å². The molecule has 1 aromatic rings. The van der Waals surface area contributed by atoms with E-state index in [0.29, 0.717) is 17.5 Å². The maximum absolute atomic E-state index is 4.38. The smallest absolute Gasteiger partial charge is 0.0492 e. The molecule has 1 heterocycles. The van der Waals surface area contributed by atoms with Gasteiger partial charge >= 0.3 is 0 Å². The van der Waals surface area contributed by atoms with Gasteiger partial charge in [0, 0.05) is 24.0 Å². The Morgan fingerprint density at radius 2 is 2.00 bits per heavy atom. The Balaban J connectivity index is 2.63. The molecule has 1 aromatic heterocycles. The molecule has 0 saturated heterocycles. The molecule has 0 fully saturated rings. The molecular weight excluding hydrogens is 210 g/mol. The number of aryl methyl sites for hydroxylation is 1. The highest BCUT2D eigenvalue weighted by molar-refractivity contribution is 5.02. The third-order valence-electron chi connectivity index (χ3n) is 3.32. The van der Waals surface area contributed by atoms with E-state index in [4.69, 9.17) is 0 Å². The first-order chi connectivity index (χ1) is 7.86. The van der Waals surface area contributed by atoms with Crippen LogP contribution >= 0.6 is 0 Å². The van der Waals surface area contributed by atoms with Gasteiger partial charge in [-0.1, -0.05) is 20.8 Å². The summed E-state index contributed by atoms with van der Waals surface area (Å²) in [6.07, 6.45) is 4.14. The maximum Gasteiger partial charge on any atom is 0.0492 e. The summed E-state index contributed by atoms with van der Waals surface area (Å²) in [4.78, 5) is 0. The molecule has 1 unspecified atom stereocenters. The van der Waals surface area contributed by atoms with E-state index in [0.717, 1.165) is 12.8 Å². The van der Waals surface area contributed by atoms with Crippen molar-refractivity contribution in [2.45, 2.75) is 59.5 Å². The van der Waals surface area contributed by atoms with Gasteiger partial charge in [0.15, 0.2) is 0 Å². The van der Waals surface area contributed by atoms with Crippen molar-refractivity contribution in [3.05, 3.63) is 18.0 Å². The van der Waals surface area contributed by atoms with Crippen molar-refractivity contribution in [1.29, 1.82) is 0 Å². The van der Waals surface area contributed by atoms with Crippen molar-refractivity contribution < 1.29 is 0 Å². The first-order valence-corrected chi connectivity index (χ1v) is 6.56. The maximum atomic E-state index is 4.38. The summed E-state index contributed by atoms with van der Waals surface area (Å²) in [6.45, 7) is 11.2. The lowest BCUT2D eigenvalue weighted by Crippen LogP contribution is -2.38. The van der Waals surface area contributed by atoms with Crippen LogP contribution in [0.25, 0.3) is 0 Å². The molecular formula is C14H27N3. The van der Waals surface area contributed by atoms with Crippen LogP contribution in [0.5, 0.6) is 0 Å². The van der Waals surface area contributed by atoms with E-state index in [1.54, 1.807) is 0 Å². The van der Waals surface area contributed by atoms with Gasteiger partial charge in [-0.2, -0.15) is 5.10 Å². The molecule has 17 heavy (non-hydrogen) atoms. The van der Waals surface area contributed by atoms with Crippen LogP contribution in [0.15, 0.2) is 12.3 Å². The highest BCUT2D eigenvalue weighted by Gasteiger charge is 2.23. The van der Waals surface area contributed by atoms with E-state index >= 15 is 0 Å². The van der Waals surface area contributed by atoms with E-state index in [1.165, 1.54) is 5.69 Å². The Hall–Kier alpha value is -0.830. The van der Waals surface area contributed by atoms with Gasteiger partial charge in [0.2, 0.25) is 0 Å². The molecule has 0 aliphatic rings. The number of nitrogens with one attached hydrogen (secondary N) is 1. The van der Waals surface area contributed by atoms with E-state index in [9.17, 15) is 0 Å². The number of rotatable bonds is 5. The topological polar surface area (TPSA) is 29.9 Å².